The summed E-state index contributed by atoms with van der Waals surface area (Å²) in [7, 11) is 0. The van der Waals surface area contributed by atoms with Crippen molar-refractivity contribution < 1.29 is 19.4 Å². The number of hydrogen-bond donors (Lipinski definition) is 1. The number of carboxylic acids is 1. The molecule has 98 valence electrons. The van der Waals surface area contributed by atoms with E-state index < -0.39 is 12.0 Å². The fourth-order valence-corrected chi connectivity index (χ4v) is 2.93. The summed E-state index contributed by atoms with van der Waals surface area (Å²) in [6.07, 6.45) is 0.770. The molecule has 0 bridgehead atoms. The van der Waals surface area contributed by atoms with Crippen LogP contribution in [0.2, 0.25) is 0 Å². The Balaban J connectivity index is 2.23. The molecule has 6 heteroatoms. The van der Waals surface area contributed by atoms with Crippen LogP contribution in [0, 0.1) is 0 Å². The minimum Gasteiger partial charge on any atom is -0.480 e. The summed E-state index contributed by atoms with van der Waals surface area (Å²) in [5, 5.41) is 11.0. The Morgan fingerprint density at radius 1 is 1.61 bits per heavy atom. The first-order chi connectivity index (χ1) is 8.65. The molecule has 1 aliphatic rings. The number of aryl methyl sites for hydroxylation is 1. The molecule has 0 aromatic carbocycles. The summed E-state index contributed by atoms with van der Waals surface area (Å²) in [5.74, 6) is -1.21. The summed E-state index contributed by atoms with van der Waals surface area (Å²) in [5.41, 5.74) is 0.973. The average Bonchev–Trinajstić information content (AvgIpc) is 2.86. The van der Waals surface area contributed by atoms with Crippen molar-refractivity contribution in [2.24, 2.45) is 0 Å². The molecule has 0 saturated carbocycles. The lowest BCUT2D eigenvalue weighted by Crippen LogP contribution is -2.52. The summed E-state index contributed by atoms with van der Waals surface area (Å²) in [6, 6.07) is 1.03. The quantitative estimate of drug-likeness (QED) is 0.896. The molecule has 5 nitrogen and oxygen atoms in total. The van der Waals surface area contributed by atoms with Gasteiger partial charge in [0.2, 0.25) is 0 Å². The Morgan fingerprint density at radius 3 is 3.06 bits per heavy atom. The van der Waals surface area contributed by atoms with Crippen molar-refractivity contribution in [3.8, 4) is 0 Å². The van der Waals surface area contributed by atoms with Crippen molar-refractivity contribution in [2.45, 2.75) is 19.4 Å². The minimum absolute atomic E-state index is 0.0634. The van der Waals surface area contributed by atoms with Gasteiger partial charge in [-0.1, -0.05) is 6.92 Å². The van der Waals surface area contributed by atoms with E-state index in [4.69, 9.17) is 9.84 Å². The number of amides is 1. The molecule has 1 fully saturated rings. The number of carbonyl (C=O) groups is 2. The second-order valence-corrected chi connectivity index (χ2v) is 4.97. The van der Waals surface area contributed by atoms with E-state index in [0.29, 0.717) is 18.0 Å². The van der Waals surface area contributed by atoms with Gasteiger partial charge < -0.3 is 14.7 Å². The first kappa shape index (κ1) is 13.0. The lowest BCUT2D eigenvalue weighted by atomic mass is 10.1. The van der Waals surface area contributed by atoms with Crippen LogP contribution in [0.4, 0.5) is 0 Å². The number of nitrogens with zero attached hydrogens (tertiary/aromatic N) is 1. The van der Waals surface area contributed by atoms with Crippen LogP contribution in [-0.2, 0) is 16.0 Å². The first-order valence-corrected chi connectivity index (χ1v) is 6.71. The van der Waals surface area contributed by atoms with Gasteiger partial charge in [-0.3, -0.25) is 4.79 Å². The second-order valence-electron chi connectivity index (χ2n) is 4.06. The van der Waals surface area contributed by atoms with Gasteiger partial charge in [0, 0.05) is 6.54 Å². The fourth-order valence-electron chi connectivity index (χ4n) is 1.98. The van der Waals surface area contributed by atoms with E-state index in [1.54, 1.807) is 0 Å². The predicted octanol–water partition coefficient (Wildman–Crippen LogP) is 1.24. The maximum absolute atomic E-state index is 12.4. The van der Waals surface area contributed by atoms with Gasteiger partial charge in [-0.15, -0.1) is 11.3 Å². The Kier molecular flexibility index (Phi) is 3.98. The molecule has 18 heavy (non-hydrogen) atoms. The Morgan fingerprint density at radius 2 is 2.39 bits per heavy atom. The van der Waals surface area contributed by atoms with Gasteiger partial charge >= 0.3 is 5.97 Å². The van der Waals surface area contributed by atoms with Crippen LogP contribution in [-0.4, -0.2) is 47.7 Å². The van der Waals surface area contributed by atoms with Crippen LogP contribution in [0.25, 0.3) is 0 Å². The lowest BCUT2D eigenvalue weighted by Gasteiger charge is -2.32. The van der Waals surface area contributed by atoms with Crippen LogP contribution < -0.4 is 0 Å². The van der Waals surface area contributed by atoms with E-state index in [0.717, 1.165) is 12.0 Å². The van der Waals surface area contributed by atoms with E-state index in [1.807, 2.05) is 18.4 Å². The van der Waals surface area contributed by atoms with E-state index in [2.05, 4.69) is 0 Å². The SMILES string of the molecule is CCc1ccsc1C(=O)N1CCOCC1C(=O)O. The van der Waals surface area contributed by atoms with Gasteiger partial charge in [0.1, 0.15) is 0 Å². The summed E-state index contributed by atoms with van der Waals surface area (Å²) in [6.45, 7) is 2.76. The number of aliphatic carboxylic acids is 1. The van der Waals surface area contributed by atoms with E-state index >= 15 is 0 Å². The highest BCUT2D eigenvalue weighted by atomic mass is 32.1. The third kappa shape index (κ3) is 2.39. The van der Waals surface area contributed by atoms with Crippen molar-refractivity contribution in [1.29, 1.82) is 0 Å². The van der Waals surface area contributed by atoms with E-state index in [-0.39, 0.29) is 12.5 Å². The molecule has 1 atom stereocenters. The zero-order valence-corrected chi connectivity index (χ0v) is 10.9. The molecule has 1 N–H and O–H groups in total. The van der Waals surface area contributed by atoms with E-state index in [1.165, 1.54) is 16.2 Å². The number of carboxylic acid groups (broad SMARTS) is 1. The van der Waals surface area contributed by atoms with Gasteiger partial charge in [-0.05, 0) is 23.4 Å². The van der Waals surface area contributed by atoms with Gasteiger partial charge in [0.15, 0.2) is 6.04 Å². The molecule has 1 saturated heterocycles. The summed E-state index contributed by atoms with van der Waals surface area (Å²) in [4.78, 5) is 25.5. The van der Waals surface area contributed by atoms with Gasteiger partial charge in [-0.25, -0.2) is 4.79 Å². The zero-order valence-electron chi connectivity index (χ0n) is 10.1. The number of hydrogen-bond acceptors (Lipinski definition) is 4. The number of ether oxygens (including phenoxy) is 1. The molecule has 0 aliphatic carbocycles. The molecule has 2 rings (SSSR count). The number of carbonyl (C=O) groups excluding carboxylic acids is 1. The molecule has 1 unspecified atom stereocenters. The molecule has 1 aromatic rings. The van der Waals surface area contributed by atoms with Crippen molar-refractivity contribution in [2.75, 3.05) is 19.8 Å². The van der Waals surface area contributed by atoms with Crippen LogP contribution in [0.3, 0.4) is 0 Å². The van der Waals surface area contributed by atoms with Crippen molar-refractivity contribution in [3.05, 3.63) is 21.9 Å². The monoisotopic (exact) mass is 269 g/mol. The maximum Gasteiger partial charge on any atom is 0.328 e. The van der Waals surface area contributed by atoms with E-state index in [9.17, 15) is 9.59 Å². The Labute approximate surface area is 109 Å². The molecular weight excluding hydrogens is 254 g/mol. The van der Waals surface area contributed by atoms with Gasteiger partial charge in [-0.2, -0.15) is 0 Å². The number of thiophene rings is 1. The first-order valence-electron chi connectivity index (χ1n) is 5.83. The second kappa shape index (κ2) is 5.49. The summed E-state index contributed by atoms with van der Waals surface area (Å²) < 4.78 is 5.13. The van der Waals surface area contributed by atoms with Gasteiger partial charge in [0.25, 0.3) is 5.91 Å². The minimum atomic E-state index is -1.02. The average molecular weight is 269 g/mol. The van der Waals surface area contributed by atoms with Crippen molar-refractivity contribution in [1.82, 2.24) is 4.90 Å². The van der Waals surface area contributed by atoms with Crippen LogP contribution in [0.5, 0.6) is 0 Å². The predicted molar refractivity (Wildman–Crippen MR) is 67.0 cm³/mol. The smallest absolute Gasteiger partial charge is 0.328 e. The molecule has 2 heterocycles. The number of morpholine rings is 1. The highest BCUT2D eigenvalue weighted by Gasteiger charge is 2.34. The molecular formula is C12H15NO4S. The molecule has 0 radical (unpaired) electrons. The van der Waals surface area contributed by atoms with Gasteiger partial charge in [0.05, 0.1) is 18.1 Å². The van der Waals surface area contributed by atoms with Crippen LogP contribution in [0.15, 0.2) is 11.4 Å². The molecule has 1 aliphatic heterocycles. The normalized spacial score (nSPS) is 19.8. The largest absolute Gasteiger partial charge is 0.480 e. The van der Waals surface area contributed by atoms with Crippen LogP contribution in [0.1, 0.15) is 22.2 Å². The topological polar surface area (TPSA) is 66.8 Å². The van der Waals surface area contributed by atoms with Crippen molar-refractivity contribution in [3.63, 3.8) is 0 Å². The standard InChI is InChI=1S/C12H15NO4S/c1-2-8-3-6-18-10(8)11(14)13-4-5-17-7-9(13)12(15)16/h3,6,9H,2,4-5,7H2,1H3,(H,15,16). The number of rotatable bonds is 3. The third-order valence-corrected chi connectivity index (χ3v) is 3.94. The Bertz CT molecular complexity index is 457. The lowest BCUT2D eigenvalue weighted by molar-refractivity contribution is -0.147. The van der Waals surface area contributed by atoms with Crippen molar-refractivity contribution >= 4 is 23.2 Å². The highest BCUT2D eigenvalue weighted by molar-refractivity contribution is 7.12. The third-order valence-electron chi connectivity index (χ3n) is 3.00. The maximum atomic E-state index is 12.4. The molecule has 0 spiro atoms. The summed E-state index contributed by atoms with van der Waals surface area (Å²) >= 11 is 1.36. The molecule has 1 aromatic heterocycles. The van der Waals surface area contributed by atoms with Crippen LogP contribution >= 0.6 is 11.3 Å². The zero-order chi connectivity index (χ0) is 13.1. The fraction of sp³-hybridized carbons (Fsp3) is 0.500. The Hall–Kier alpha value is -1.40. The highest BCUT2D eigenvalue weighted by Crippen LogP contribution is 2.21. The molecule has 1 amide bonds.